The van der Waals surface area contributed by atoms with Gasteiger partial charge < -0.3 is 5.32 Å². The number of hydrogen-bond acceptors (Lipinski definition) is 3. The highest BCUT2D eigenvalue weighted by atomic mass is 19.1. The summed E-state index contributed by atoms with van der Waals surface area (Å²) in [6.07, 6.45) is 0.965. The third-order valence-corrected chi connectivity index (χ3v) is 3.70. The van der Waals surface area contributed by atoms with Crippen LogP contribution >= 0.6 is 0 Å². The number of amides is 1. The van der Waals surface area contributed by atoms with Gasteiger partial charge in [0.05, 0.1) is 6.54 Å². The zero-order valence-electron chi connectivity index (χ0n) is 12.6. The number of hydrogen-bond donors (Lipinski definition) is 1. The van der Waals surface area contributed by atoms with Crippen LogP contribution in [0.3, 0.4) is 0 Å². The second kappa shape index (κ2) is 8.10. The molecule has 0 saturated carbocycles. The molecular weight excluding hydrogens is 269 g/mol. The van der Waals surface area contributed by atoms with E-state index in [4.69, 9.17) is 0 Å². The Morgan fingerprint density at radius 3 is 2.62 bits per heavy atom. The van der Waals surface area contributed by atoms with Crippen LogP contribution in [0.5, 0.6) is 0 Å². The fraction of sp³-hybridized carbons (Fsp3) is 0.562. The minimum absolute atomic E-state index is 0.107. The van der Waals surface area contributed by atoms with E-state index in [0.29, 0.717) is 6.54 Å². The SMILES string of the molecule is CCCNC(=O)CN1CCN(Cc2cccc(F)c2)CC1. The van der Waals surface area contributed by atoms with E-state index in [1.54, 1.807) is 12.1 Å². The Hall–Kier alpha value is -1.46. The zero-order chi connectivity index (χ0) is 15.1. The van der Waals surface area contributed by atoms with E-state index in [2.05, 4.69) is 15.1 Å². The molecule has 0 radical (unpaired) electrons. The van der Waals surface area contributed by atoms with Crippen LogP contribution in [0.15, 0.2) is 24.3 Å². The normalized spacial score (nSPS) is 16.9. The van der Waals surface area contributed by atoms with Crippen molar-refractivity contribution in [1.82, 2.24) is 15.1 Å². The lowest BCUT2D eigenvalue weighted by Gasteiger charge is -2.34. The first-order chi connectivity index (χ1) is 10.2. The molecule has 1 aliphatic heterocycles. The highest BCUT2D eigenvalue weighted by Gasteiger charge is 2.18. The average molecular weight is 293 g/mol. The van der Waals surface area contributed by atoms with Crippen molar-refractivity contribution in [3.63, 3.8) is 0 Å². The number of nitrogens with one attached hydrogen (secondary N) is 1. The minimum atomic E-state index is -0.182. The highest BCUT2D eigenvalue weighted by Crippen LogP contribution is 2.09. The molecule has 0 unspecified atom stereocenters. The fourth-order valence-electron chi connectivity index (χ4n) is 2.52. The van der Waals surface area contributed by atoms with E-state index >= 15 is 0 Å². The number of halogens is 1. The smallest absolute Gasteiger partial charge is 0.234 e. The lowest BCUT2D eigenvalue weighted by Crippen LogP contribution is -2.49. The van der Waals surface area contributed by atoms with E-state index in [1.165, 1.54) is 6.07 Å². The quantitative estimate of drug-likeness (QED) is 0.863. The summed E-state index contributed by atoms with van der Waals surface area (Å²) < 4.78 is 13.2. The molecule has 0 bridgehead atoms. The van der Waals surface area contributed by atoms with Crippen LogP contribution in [-0.4, -0.2) is 55.0 Å². The molecule has 1 aliphatic rings. The van der Waals surface area contributed by atoms with Crippen molar-refractivity contribution in [2.24, 2.45) is 0 Å². The van der Waals surface area contributed by atoms with E-state index in [9.17, 15) is 9.18 Å². The molecule has 1 N–H and O–H groups in total. The number of piperazine rings is 1. The van der Waals surface area contributed by atoms with Gasteiger partial charge in [0.1, 0.15) is 5.82 Å². The topological polar surface area (TPSA) is 35.6 Å². The largest absolute Gasteiger partial charge is 0.355 e. The van der Waals surface area contributed by atoms with Crippen molar-refractivity contribution < 1.29 is 9.18 Å². The van der Waals surface area contributed by atoms with Crippen LogP contribution < -0.4 is 5.32 Å². The van der Waals surface area contributed by atoms with Gasteiger partial charge in [0, 0.05) is 39.3 Å². The zero-order valence-corrected chi connectivity index (χ0v) is 12.6. The third-order valence-electron chi connectivity index (χ3n) is 3.70. The highest BCUT2D eigenvalue weighted by molar-refractivity contribution is 5.77. The van der Waals surface area contributed by atoms with Gasteiger partial charge in [0.25, 0.3) is 0 Å². The molecule has 1 fully saturated rings. The van der Waals surface area contributed by atoms with Crippen LogP contribution in [0.2, 0.25) is 0 Å². The Morgan fingerprint density at radius 1 is 1.24 bits per heavy atom. The number of carbonyl (C=O) groups is 1. The molecule has 1 amide bonds. The first-order valence-electron chi connectivity index (χ1n) is 7.63. The van der Waals surface area contributed by atoms with Gasteiger partial charge in [-0.2, -0.15) is 0 Å². The van der Waals surface area contributed by atoms with Gasteiger partial charge in [-0.05, 0) is 24.1 Å². The molecule has 0 aromatic heterocycles. The predicted octanol–water partition coefficient (Wildman–Crippen LogP) is 1.47. The molecule has 0 aliphatic carbocycles. The van der Waals surface area contributed by atoms with Crippen molar-refractivity contribution in [3.8, 4) is 0 Å². The van der Waals surface area contributed by atoms with E-state index in [0.717, 1.165) is 51.3 Å². The van der Waals surface area contributed by atoms with Gasteiger partial charge >= 0.3 is 0 Å². The monoisotopic (exact) mass is 293 g/mol. The van der Waals surface area contributed by atoms with Gasteiger partial charge in [-0.3, -0.25) is 14.6 Å². The number of rotatable bonds is 6. The van der Waals surface area contributed by atoms with Gasteiger partial charge in [-0.15, -0.1) is 0 Å². The first kappa shape index (κ1) is 15.9. The summed E-state index contributed by atoms with van der Waals surface area (Å²) in [4.78, 5) is 16.1. The van der Waals surface area contributed by atoms with Gasteiger partial charge in [0.15, 0.2) is 0 Å². The summed E-state index contributed by atoms with van der Waals surface area (Å²) in [5.41, 5.74) is 1.00. The second-order valence-electron chi connectivity index (χ2n) is 5.53. The number of benzene rings is 1. The number of nitrogens with zero attached hydrogens (tertiary/aromatic N) is 2. The summed E-state index contributed by atoms with van der Waals surface area (Å²) in [5.74, 6) is -0.0749. The Balaban J connectivity index is 1.72. The molecular formula is C16H24FN3O. The van der Waals surface area contributed by atoms with Crippen molar-refractivity contribution in [1.29, 1.82) is 0 Å². The van der Waals surface area contributed by atoms with Crippen LogP contribution in [-0.2, 0) is 11.3 Å². The van der Waals surface area contributed by atoms with E-state index < -0.39 is 0 Å². The summed E-state index contributed by atoms with van der Waals surface area (Å²) in [7, 11) is 0. The lowest BCUT2D eigenvalue weighted by atomic mass is 10.2. The molecule has 0 spiro atoms. The molecule has 1 aromatic rings. The Bertz CT molecular complexity index is 459. The third kappa shape index (κ3) is 5.44. The molecule has 4 nitrogen and oxygen atoms in total. The minimum Gasteiger partial charge on any atom is -0.355 e. The number of carbonyl (C=O) groups excluding carboxylic acids is 1. The molecule has 116 valence electrons. The van der Waals surface area contributed by atoms with Crippen LogP contribution in [0.4, 0.5) is 4.39 Å². The van der Waals surface area contributed by atoms with Gasteiger partial charge in [-0.25, -0.2) is 4.39 Å². The summed E-state index contributed by atoms with van der Waals surface area (Å²) in [6.45, 7) is 7.64. The Morgan fingerprint density at radius 2 is 1.95 bits per heavy atom. The first-order valence-corrected chi connectivity index (χ1v) is 7.63. The van der Waals surface area contributed by atoms with Crippen LogP contribution in [0.25, 0.3) is 0 Å². The van der Waals surface area contributed by atoms with Crippen LogP contribution in [0.1, 0.15) is 18.9 Å². The maximum Gasteiger partial charge on any atom is 0.234 e. The van der Waals surface area contributed by atoms with Crippen LogP contribution in [0, 0.1) is 5.82 Å². The standard InChI is InChI=1S/C16H24FN3O/c1-2-6-18-16(21)13-20-9-7-19(8-10-20)12-14-4-3-5-15(17)11-14/h3-5,11H,2,6-10,12-13H2,1H3,(H,18,21). The predicted molar refractivity (Wildman–Crippen MR) is 81.4 cm³/mol. The summed E-state index contributed by atoms with van der Waals surface area (Å²) >= 11 is 0. The molecule has 1 saturated heterocycles. The summed E-state index contributed by atoms with van der Waals surface area (Å²) in [5, 5.41) is 2.90. The molecule has 2 rings (SSSR count). The van der Waals surface area contributed by atoms with Gasteiger partial charge in [0.2, 0.25) is 5.91 Å². The van der Waals surface area contributed by atoms with Crippen molar-refractivity contribution in [3.05, 3.63) is 35.6 Å². The maximum absolute atomic E-state index is 13.2. The Labute approximate surface area is 125 Å². The Kier molecular flexibility index (Phi) is 6.14. The van der Waals surface area contributed by atoms with Crippen molar-refractivity contribution in [2.75, 3.05) is 39.3 Å². The molecule has 21 heavy (non-hydrogen) atoms. The molecule has 1 aromatic carbocycles. The molecule has 1 heterocycles. The summed E-state index contributed by atoms with van der Waals surface area (Å²) in [6, 6.07) is 6.76. The maximum atomic E-state index is 13.2. The molecule has 5 heteroatoms. The van der Waals surface area contributed by atoms with E-state index in [-0.39, 0.29) is 11.7 Å². The van der Waals surface area contributed by atoms with Crippen molar-refractivity contribution >= 4 is 5.91 Å². The second-order valence-corrected chi connectivity index (χ2v) is 5.53. The average Bonchev–Trinajstić information content (AvgIpc) is 2.47. The van der Waals surface area contributed by atoms with Crippen molar-refractivity contribution in [2.45, 2.75) is 19.9 Å². The molecule has 0 atom stereocenters. The van der Waals surface area contributed by atoms with Gasteiger partial charge in [-0.1, -0.05) is 19.1 Å². The van der Waals surface area contributed by atoms with E-state index in [1.807, 2.05) is 13.0 Å². The lowest BCUT2D eigenvalue weighted by molar-refractivity contribution is -0.122. The fourth-order valence-corrected chi connectivity index (χ4v) is 2.52.